The highest BCUT2D eigenvalue weighted by atomic mass is 19.4. The van der Waals surface area contributed by atoms with Crippen LogP contribution >= 0.6 is 0 Å². The third kappa shape index (κ3) is 4.15. The Kier molecular flexibility index (Phi) is 5.36. The van der Waals surface area contributed by atoms with Crippen LogP contribution in [0.2, 0.25) is 0 Å². The Hall–Kier alpha value is -1.34. The maximum absolute atomic E-state index is 12.5. The molecule has 0 saturated heterocycles. The van der Waals surface area contributed by atoms with Crippen molar-refractivity contribution >= 4 is 5.82 Å². The minimum absolute atomic E-state index is 0.165. The zero-order chi connectivity index (χ0) is 13.6. The molecule has 18 heavy (non-hydrogen) atoms. The minimum atomic E-state index is -4.47. The van der Waals surface area contributed by atoms with Crippen molar-refractivity contribution in [3.8, 4) is 0 Å². The number of ether oxygens (including phenoxy) is 1. The number of halogens is 3. The number of anilines is 1. The first-order valence-electron chi connectivity index (χ1n) is 5.38. The van der Waals surface area contributed by atoms with Gasteiger partial charge >= 0.3 is 6.18 Å². The molecule has 0 spiro atoms. The summed E-state index contributed by atoms with van der Waals surface area (Å²) in [6.07, 6.45) is -4.47. The van der Waals surface area contributed by atoms with Crippen LogP contribution in [0, 0.1) is 0 Å². The molecular formula is C11H15F3N2O2. The van der Waals surface area contributed by atoms with Gasteiger partial charge in [0.05, 0.1) is 13.2 Å². The van der Waals surface area contributed by atoms with E-state index in [4.69, 9.17) is 9.84 Å². The van der Waals surface area contributed by atoms with Crippen molar-refractivity contribution in [3.63, 3.8) is 0 Å². The van der Waals surface area contributed by atoms with Gasteiger partial charge in [0.25, 0.3) is 0 Å². The molecule has 0 unspecified atom stereocenters. The molecule has 102 valence electrons. The normalized spacial score (nSPS) is 11.6. The summed E-state index contributed by atoms with van der Waals surface area (Å²) in [6, 6.07) is 3.68. The summed E-state index contributed by atoms with van der Waals surface area (Å²) in [5, 5.41) is 8.89. The number of methoxy groups -OCH3 is 1. The van der Waals surface area contributed by atoms with Crippen LogP contribution in [0.1, 0.15) is 5.69 Å². The quantitative estimate of drug-likeness (QED) is 0.846. The lowest BCUT2D eigenvalue weighted by atomic mass is 10.3. The van der Waals surface area contributed by atoms with E-state index in [1.54, 1.807) is 4.90 Å². The van der Waals surface area contributed by atoms with Crippen LogP contribution in [-0.4, -0.2) is 43.5 Å². The molecule has 0 radical (unpaired) electrons. The van der Waals surface area contributed by atoms with Crippen molar-refractivity contribution < 1.29 is 23.0 Å². The number of aliphatic hydroxyl groups excluding tert-OH is 1. The van der Waals surface area contributed by atoms with Crippen LogP contribution < -0.4 is 4.90 Å². The van der Waals surface area contributed by atoms with Crippen LogP contribution in [0.5, 0.6) is 0 Å². The van der Waals surface area contributed by atoms with E-state index in [-0.39, 0.29) is 19.0 Å². The molecule has 0 aliphatic rings. The van der Waals surface area contributed by atoms with E-state index in [2.05, 4.69) is 4.98 Å². The second-order valence-electron chi connectivity index (χ2n) is 3.58. The third-order valence-corrected chi connectivity index (χ3v) is 2.28. The number of aromatic nitrogens is 1. The maximum atomic E-state index is 12.5. The van der Waals surface area contributed by atoms with Gasteiger partial charge in [-0.2, -0.15) is 13.2 Å². The minimum Gasteiger partial charge on any atom is -0.395 e. The predicted octanol–water partition coefficient (Wildman–Crippen LogP) is 1.55. The molecule has 0 fully saturated rings. The lowest BCUT2D eigenvalue weighted by Crippen LogP contribution is -2.31. The molecule has 1 rings (SSSR count). The molecule has 1 aromatic rings. The fourth-order valence-electron chi connectivity index (χ4n) is 1.42. The SMILES string of the molecule is COCCN(CCO)c1cccc(C(F)(F)F)n1. The fraction of sp³-hybridized carbons (Fsp3) is 0.545. The number of hydrogen-bond donors (Lipinski definition) is 1. The molecule has 4 nitrogen and oxygen atoms in total. The van der Waals surface area contributed by atoms with E-state index in [0.29, 0.717) is 13.2 Å². The fourth-order valence-corrected chi connectivity index (χ4v) is 1.42. The second-order valence-corrected chi connectivity index (χ2v) is 3.58. The highest BCUT2D eigenvalue weighted by Gasteiger charge is 2.32. The molecule has 1 heterocycles. The highest BCUT2D eigenvalue weighted by molar-refractivity contribution is 5.39. The summed E-state index contributed by atoms with van der Waals surface area (Å²) in [5.41, 5.74) is -0.944. The van der Waals surface area contributed by atoms with Gasteiger partial charge in [-0.25, -0.2) is 4.98 Å². The van der Waals surface area contributed by atoms with Crippen molar-refractivity contribution in [1.82, 2.24) is 4.98 Å². The van der Waals surface area contributed by atoms with Gasteiger partial charge in [0.1, 0.15) is 11.5 Å². The summed E-state index contributed by atoms with van der Waals surface area (Å²) in [5.74, 6) is 0.177. The van der Waals surface area contributed by atoms with Gasteiger partial charge in [0, 0.05) is 20.2 Å². The van der Waals surface area contributed by atoms with Crippen LogP contribution in [0.15, 0.2) is 18.2 Å². The van der Waals surface area contributed by atoms with Gasteiger partial charge in [-0.15, -0.1) is 0 Å². The number of nitrogens with zero attached hydrogens (tertiary/aromatic N) is 2. The predicted molar refractivity (Wildman–Crippen MR) is 60.4 cm³/mol. The number of hydrogen-bond acceptors (Lipinski definition) is 4. The standard InChI is InChI=1S/C11H15F3N2O2/c1-18-8-6-16(5-7-17)10-4-2-3-9(15-10)11(12,13)14/h2-4,17H,5-8H2,1H3. The Morgan fingerprint density at radius 1 is 1.33 bits per heavy atom. The summed E-state index contributed by atoms with van der Waals surface area (Å²) in [6.45, 7) is 0.753. The molecule has 0 saturated carbocycles. The Morgan fingerprint density at radius 2 is 2.06 bits per heavy atom. The largest absolute Gasteiger partial charge is 0.433 e. The Bertz CT molecular complexity index is 372. The Balaban J connectivity index is 2.90. The van der Waals surface area contributed by atoms with Crippen molar-refractivity contribution in [3.05, 3.63) is 23.9 Å². The molecule has 0 bridgehead atoms. The monoisotopic (exact) mass is 264 g/mol. The summed E-state index contributed by atoms with van der Waals surface area (Å²) in [4.78, 5) is 5.09. The second kappa shape index (κ2) is 6.55. The molecule has 1 aromatic heterocycles. The number of pyridine rings is 1. The van der Waals surface area contributed by atoms with Crippen molar-refractivity contribution in [2.45, 2.75) is 6.18 Å². The zero-order valence-corrected chi connectivity index (χ0v) is 9.94. The van der Waals surface area contributed by atoms with E-state index in [0.717, 1.165) is 6.07 Å². The van der Waals surface area contributed by atoms with Crippen LogP contribution in [-0.2, 0) is 10.9 Å². The van der Waals surface area contributed by atoms with Crippen molar-refractivity contribution in [2.75, 3.05) is 38.3 Å². The number of aliphatic hydroxyl groups is 1. The van der Waals surface area contributed by atoms with Crippen LogP contribution in [0.3, 0.4) is 0 Å². The summed E-state index contributed by atoms with van der Waals surface area (Å²) >= 11 is 0. The number of rotatable bonds is 6. The smallest absolute Gasteiger partial charge is 0.395 e. The van der Waals surface area contributed by atoms with Crippen molar-refractivity contribution in [1.29, 1.82) is 0 Å². The van der Waals surface area contributed by atoms with Crippen LogP contribution in [0.25, 0.3) is 0 Å². The first kappa shape index (κ1) is 14.7. The van der Waals surface area contributed by atoms with Gasteiger partial charge < -0.3 is 14.7 Å². The molecular weight excluding hydrogens is 249 g/mol. The maximum Gasteiger partial charge on any atom is 0.433 e. The van der Waals surface area contributed by atoms with E-state index < -0.39 is 11.9 Å². The van der Waals surface area contributed by atoms with Gasteiger partial charge in [0.15, 0.2) is 0 Å². The summed E-state index contributed by atoms with van der Waals surface area (Å²) < 4.78 is 42.4. The summed E-state index contributed by atoms with van der Waals surface area (Å²) in [7, 11) is 1.50. The van der Waals surface area contributed by atoms with E-state index in [1.165, 1.54) is 19.2 Å². The van der Waals surface area contributed by atoms with Crippen LogP contribution in [0.4, 0.5) is 19.0 Å². The molecule has 0 atom stereocenters. The lowest BCUT2D eigenvalue weighted by molar-refractivity contribution is -0.141. The highest BCUT2D eigenvalue weighted by Crippen LogP contribution is 2.28. The zero-order valence-electron chi connectivity index (χ0n) is 9.94. The first-order chi connectivity index (χ1) is 8.49. The molecule has 0 aliphatic heterocycles. The van der Waals surface area contributed by atoms with E-state index >= 15 is 0 Å². The Morgan fingerprint density at radius 3 is 2.61 bits per heavy atom. The van der Waals surface area contributed by atoms with Gasteiger partial charge in [0.2, 0.25) is 0 Å². The Labute approximate surface area is 103 Å². The van der Waals surface area contributed by atoms with Gasteiger partial charge in [-0.1, -0.05) is 6.07 Å². The molecule has 1 N–H and O–H groups in total. The third-order valence-electron chi connectivity index (χ3n) is 2.28. The average Bonchev–Trinajstić information content (AvgIpc) is 2.33. The number of alkyl halides is 3. The molecule has 0 aliphatic carbocycles. The molecule has 0 aromatic carbocycles. The molecule has 0 amide bonds. The van der Waals surface area contributed by atoms with Gasteiger partial charge in [-0.3, -0.25) is 0 Å². The van der Waals surface area contributed by atoms with E-state index in [9.17, 15) is 13.2 Å². The first-order valence-corrected chi connectivity index (χ1v) is 5.38. The van der Waals surface area contributed by atoms with E-state index in [1.807, 2.05) is 0 Å². The van der Waals surface area contributed by atoms with Crippen molar-refractivity contribution in [2.24, 2.45) is 0 Å². The average molecular weight is 264 g/mol. The van der Waals surface area contributed by atoms with Gasteiger partial charge in [-0.05, 0) is 12.1 Å². The topological polar surface area (TPSA) is 45.6 Å². The molecule has 7 heteroatoms. The lowest BCUT2D eigenvalue weighted by Gasteiger charge is -2.23.